The number of nitrogens with one attached hydrogen (secondary N) is 2. The van der Waals surface area contributed by atoms with Crippen LogP contribution in [0, 0.1) is 0 Å². The Balaban J connectivity index is 0.00000306. The summed E-state index contributed by atoms with van der Waals surface area (Å²) in [5, 5.41) is 10.5. The van der Waals surface area contributed by atoms with Crippen molar-refractivity contribution in [2.45, 2.75) is 26.6 Å². The lowest BCUT2D eigenvalue weighted by atomic mass is 10.1. The molecule has 1 aliphatic rings. The van der Waals surface area contributed by atoms with E-state index >= 15 is 0 Å². The number of guanidine groups is 1. The molecule has 1 aliphatic heterocycles. The van der Waals surface area contributed by atoms with E-state index in [0.29, 0.717) is 36.1 Å². The monoisotopic (exact) mass is 571 g/mol. The molecule has 0 atom stereocenters. The number of alkyl halides is 2. The maximum Gasteiger partial charge on any atom is 0.387 e. The van der Waals surface area contributed by atoms with E-state index in [1.807, 2.05) is 43.5 Å². The molecule has 33 heavy (non-hydrogen) atoms. The molecule has 1 aromatic heterocycles. The fourth-order valence-electron chi connectivity index (χ4n) is 3.18. The van der Waals surface area contributed by atoms with Crippen molar-refractivity contribution in [3.05, 3.63) is 66.0 Å². The topological polar surface area (TPSA) is 81.9 Å². The van der Waals surface area contributed by atoms with Gasteiger partial charge in [0.1, 0.15) is 5.75 Å². The summed E-state index contributed by atoms with van der Waals surface area (Å²) < 4.78 is 42.7. The second-order valence-corrected chi connectivity index (χ2v) is 6.86. The number of ether oxygens (including phenoxy) is 3. The molecule has 0 fully saturated rings. The van der Waals surface area contributed by atoms with Gasteiger partial charge in [0, 0.05) is 37.1 Å². The first kappa shape index (κ1) is 24.6. The van der Waals surface area contributed by atoms with Crippen molar-refractivity contribution in [1.82, 2.24) is 20.4 Å². The van der Waals surface area contributed by atoms with Crippen LogP contribution in [0.15, 0.2) is 59.9 Å². The van der Waals surface area contributed by atoms with Gasteiger partial charge < -0.3 is 24.8 Å². The van der Waals surface area contributed by atoms with Crippen molar-refractivity contribution in [3.63, 3.8) is 0 Å². The smallest absolute Gasteiger partial charge is 0.387 e. The molecule has 0 aliphatic carbocycles. The zero-order valence-corrected chi connectivity index (χ0v) is 20.2. The first-order chi connectivity index (χ1) is 15.6. The van der Waals surface area contributed by atoms with E-state index in [-0.39, 0.29) is 43.1 Å². The van der Waals surface area contributed by atoms with Crippen LogP contribution in [0.25, 0.3) is 5.69 Å². The van der Waals surface area contributed by atoms with E-state index in [0.717, 1.165) is 11.3 Å². The van der Waals surface area contributed by atoms with Gasteiger partial charge in [0.2, 0.25) is 6.79 Å². The van der Waals surface area contributed by atoms with Gasteiger partial charge in [-0.1, -0.05) is 12.1 Å². The Morgan fingerprint density at radius 1 is 1.18 bits per heavy atom. The molecular formula is C22H24F2IN5O3. The summed E-state index contributed by atoms with van der Waals surface area (Å²) in [4.78, 5) is 4.58. The van der Waals surface area contributed by atoms with Crippen LogP contribution >= 0.6 is 24.0 Å². The second kappa shape index (κ2) is 11.7. The molecule has 2 aromatic carbocycles. The average molecular weight is 571 g/mol. The van der Waals surface area contributed by atoms with Gasteiger partial charge in [-0.2, -0.15) is 13.9 Å². The normalized spacial score (nSPS) is 12.4. The number of aliphatic imine (C=N–C) groups is 1. The highest BCUT2D eigenvalue weighted by molar-refractivity contribution is 14.0. The minimum atomic E-state index is -2.94. The number of aromatic nitrogens is 2. The third-order valence-corrected chi connectivity index (χ3v) is 4.69. The van der Waals surface area contributed by atoms with Gasteiger partial charge in [0.25, 0.3) is 0 Å². The third-order valence-electron chi connectivity index (χ3n) is 4.69. The maximum atomic E-state index is 12.8. The number of benzene rings is 2. The van der Waals surface area contributed by atoms with Crippen molar-refractivity contribution in [2.24, 2.45) is 4.99 Å². The van der Waals surface area contributed by atoms with Crippen LogP contribution in [0.3, 0.4) is 0 Å². The summed E-state index contributed by atoms with van der Waals surface area (Å²) in [7, 11) is 0. The van der Waals surface area contributed by atoms with E-state index in [1.54, 1.807) is 16.9 Å². The molecule has 3 aromatic rings. The number of nitrogens with zero attached hydrogens (tertiary/aromatic N) is 3. The summed E-state index contributed by atoms with van der Waals surface area (Å²) >= 11 is 0. The van der Waals surface area contributed by atoms with Crippen molar-refractivity contribution >= 4 is 29.9 Å². The first-order valence-corrected chi connectivity index (χ1v) is 10.1. The molecule has 0 amide bonds. The molecule has 4 rings (SSSR count). The van der Waals surface area contributed by atoms with Gasteiger partial charge in [0.05, 0.1) is 12.2 Å². The molecule has 2 N–H and O–H groups in total. The Morgan fingerprint density at radius 2 is 1.94 bits per heavy atom. The Kier molecular flexibility index (Phi) is 8.69. The summed E-state index contributed by atoms with van der Waals surface area (Å²) in [6.07, 6.45) is 3.60. The van der Waals surface area contributed by atoms with Crippen LogP contribution in [0.2, 0.25) is 0 Å². The fraction of sp³-hybridized carbons (Fsp3) is 0.273. The number of hydrogen-bond acceptors (Lipinski definition) is 5. The lowest BCUT2D eigenvalue weighted by molar-refractivity contribution is -0.0505. The third kappa shape index (κ3) is 6.46. The van der Waals surface area contributed by atoms with E-state index in [2.05, 4.69) is 25.5 Å². The van der Waals surface area contributed by atoms with Crippen LogP contribution in [-0.4, -0.2) is 35.7 Å². The molecule has 0 saturated carbocycles. The quantitative estimate of drug-likeness (QED) is 0.241. The van der Waals surface area contributed by atoms with E-state index in [1.165, 1.54) is 6.07 Å². The van der Waals surface area contributed by atoms with Crippen LogP contribution in [0.1, 0.15) is 18.1 Å². The largest absolute Gasteiger partial charge is 0.454 e. The molecule has 11 heteroatoms. The van der Waals surface area contributed by atoms with E-state index in [9.17, 15) is 8.78 Å². The van der Waals surface area contributed by atoms with Crippen LogP contribution in [0.5, 0.6) is 17.2 Å². The summed E-state index contributed by atoms with van der Waals surface area (Å²) in [5.74, 6) is 1.44. The molecule has 0 unspecified atom stereocenters. The predicted octanol–water partition coefficient (Wildman–Crippen LogP) is 4.08. The second-order valence-electron chi connectivity index (χ2n) is 6.86. The van der Waals surface area contributed by atoms with Crippen LogP contribution in [0.4, 0.5) is 8.78 Å². The van der Waals surface area contributed by atoms with Gasteiger partial charge >= 0.3 is 6.61 Å². The molecule has 176 valence electrons. The fourth-order valence-corrected chi connectivity index (χ4v) is 3.18. The average Bonchev–Trinajstić information content (AvgIpc) is 3.47. The lowest BCUT2D eigenvalue weighted by Gasteiger charge is -2.15. The Morgan fingerprint density at radius 3 is 2.61 bits per heavy atom. The van der Waals surface area contributed by atoms with Crippen LogP contribution < -0.4 is 24.8 Å². The lowest BCUT2D eigenvalue weighted by Crippen LogP contribution is -2.36. The van der Waals surface area contributed by atoms with Crippen molar-refractivity contribution in [2.75, 3.05) is 13.3 Å². The summed E-state index contributed by atoms with van der Waals surface area (Å²) in [5.41, 5.74) is 2.48. The molecule has 0 spiro atoms. The van der Waals surface area contributed by atoms with Gasteiger partial charge in [0.15, 0.2) is 17.5 Å². The standard InChI is InChI=1S/C22H23F2N5O3.HI/c1-2-25-22(26-12-15-4-6-17(7-5-15)29-9-3-8-28-29)27-13-16-10-19-20(31-14-30-19)11-18(16)32-21(23)24;/h3-11,21H,2,12-14H2,1H3,(H2,25,26,27);1H. The first-order valence-electron chi connectivity index (χ1n) is 10.1. The highest BCUT2D eigenvalue weighted by Gasteiger charge is 2.20. The minimum absolute atomic E-state index is 0. The Labute approximate surface area is 207 Å². The predicted molar refractivity (Wildman–Crippen MR) is 130 cm³/mol. The maximum absolute atomic E-state index is 12.8. The minimum Gasteiger partial charge on any atom is -0.454 e. The van der Waals surface area contributed by atoms with Crippen molar-refractivity contribution < 1.29 is 23.0 Å². The molecule has 0 bridgehead atoms. The number of hydrogen-bond donors (Lipinski definition) is 2. The van der Waals surface area contributed by atoms with Gasteiger partial charge in [-0.15, -0.1) is 24.0 Å². The Bertz CT molecular complexity index is 1060. The number of halogens is 3. The summed E-state index contributed by atoms with van der Waals surface area (Å²) in [6.45, 7) is 0.344. The van der Waals surface area contributed by atoms with Crippen molar-refractivity contribution in [1.29, 1.82) is 0 Å². The van der Waals surface area contributed by atoms with Crippen LogP contribution in [-0.2, 0) is 13.1 Å². The zero-order valence-electron chi connectivity index (χ0n) is 17.8. The Hall–Kier alpha value is -3.09. The molecule has 0 saturated heterocycles. The SMILES string of the molecule is CCNC(=NCc1ccc(-n2cccn2)cc1)NCc1cc2c(cc1OC(F)F)OCO2.I. The van der Waals surface area contributed by atoms with E-state index < -0.39 is 6.61 Å². The number of rotatable bonds is 8. The molecule has 0 radical (unpaired) electrons. The highest BCUT2D eigenvalue weighted by Crippen LogP contribution is 2.38. The van der Waals surface area contributed by atoms with E-state index in [4.69, 9.17) is 9.47 Å². The molecular weight excluding hydrogens is 547 g/mol. The van der Waals surface area contributed by atoms with Gasteiger partial charge in [-0.3, -0.25) is 0 Å². The van der Waals surface area contributed by atoms with Gasteiger partial charge in [-0.25, -0.2) is 9.67 Å². The van der Waals surface area contributed by atoms with Gasteiger partial charge in [-0.05, 0) is 36.8 Å². The highest BCUT2D eigenvalue weighted by atomic mass is 127. The zero-order chi connectivity index (χ0) is 22.3. The number of fused-ring (bicyclic) bond motifs is 1. The van der Waals surface area contributed by atoms with Crippen molar-refractivity contribution in [3.8, 4) is 22.9 Å². The summed E-state index contributed by atoms with van der Waals surface area (Å²) in [6, 6.07) is 12.8. The molecule has 2 heterocycles. The molecule has 8 nitrogen and oxygen atoms in total.